The third-order valence-electron chi connectivity index (χ3n) is 4.03. The number of hydrogen-bond acceptors (Lipinski definition) is 2. The van der Waals surface area contributed by atoms with Gasteiger partial charge in [0.1, 0.15) is 0 Å². The summed E-state index contributed by atoms with van der Waals surface area (Å²) in [6.45, 7) is 1.11. The summed E-state index contributed by atoms with van der Waals surface area (Å²) >= 11 is 0. The van der Waals surface area contributed by atoms with Gasteiger partial charge < -0.3 is 11.1 Å². The van der Waals surface area contributed by atoms with Crippen LogP contribution in [0.1, 0.15) is 31.2 Å². The van der Waals surface area contributed by atoms with Crippen LogP contribution in [0, 0.1) is 11.8 Å². The van der Waals surface area contributed by atoms with E-state index in [2.05, 4.69) is 17.4 Å². The van der Waals surface area contributed by atoms with E-state index < -0.39 is 0 Å². The molecule has 0 bridgehead atoms. The molecule has 2 heteroatoms. The first-order valence-electron chi connectivity index (χ1n) is 6.91. The zero-order valence-corrected chi connectivity index (χ0v) is 10.4. The smallest absolute Gasteiger partial charge is 0.0314 e. The second-order valence-electron chi connectivity index (χ2n) is 5.65. The molecule has 0 saturated heterocycles. The van der Waals surface area contributed by atoms with Crippen LogP contribution >= 0.6 is 0 Å². The Balaban J connectivity index is 1.45. The Kier molecular flexibility index (Phi) is 3.06. The van der Waals surface area contributed by atoms with E-state index in [1.807, 2.05) is 12.1 Å². The van der Waals surface area contributed by atoms with Crippen LogP contribution in [0.2, 0.25) is 0 Å². The number of benzene rings is 1. The second-order valence-corrected chi connectivity index (χ2v) is 5.65. The molecule has 3 rings (SSSR count). The quantitative estimate of drug-likeness (QED) is 0.737. The van der Waals surface area contributed by atoms with Crippen LogP contribution < -0.4 is 11.1 Å². The van der Waals surface area contributed by atoms with E-state index in [0.717, 1.165) is 36.5 Å². The molecule has 1 aromatic carbocycles. The van der Waals surface area contributed by atoms with Crippen LogP contribution in [-0.4, -0.2) is 12.6 Å². The minimum atomic E-state index is 0.823. The number of anilines is 1. The van der Waals surface area contributed by atoms with Crippen molar-refractivity contribution in [2.24, 2.45) is 11.8 Å². The minimum Gasteiger partial charge on any atom is -0.399 e. The molecule has 3 N–H and O–H groups in total. The van der Waals surface area contributed by atoms with Crippen LogP contribution in [0.4, 0.5) is 5.69 Å². The maximum Gasteiger partial charge on any atom is 0.0314 e. The average Bonchev–Trinajstić information content (AvgIpc) is 3.19. The van der Waals surface area contributed by atoms with Crippen molar-refractivity contribution in [1.82, 2.24) is 5.32 Å². The third kappa shape index (κ3) is 3.01. The van der Waals surface area contributed by atoms with Gasteiger partial charge in [0, 0.05) is 11.7 Å². The van der Waals surface area contributed by atoms with Crippen molar-refractivity contribution in [2.45, 2.75) is 38.1 Å². The Morgan fingerprint density at radius 3 is 2.18 bits per heavy atom. The maximum absolute atomic E-state index is 5.68. The van der Waals surface area contributed by atoms with Crippen molar-refractivity contribution < 1.29 is 0 Å². The SMILES string of the molecule is Nc1ccc(CCNC(C2CC2)C2CC2)cc1. The molecule has 1 aromatic rings. The average molecular weight is 230 g/mol. The van der Waals surface area contributed by atoms with Crippen molar-refractivity contribution in [2.75, 3.05) is 12.3 Å². The zero-order chi connectivity index (χ0) is 11.7. The fraction of sp³-hybridized carbons (Fsp3) is 0.600. The molecular weight excluding hydrogens is 208 g/mol. The lowest BCUT2D eigenvalue weighted by molar-refractivity contribution is 0.420. The number of nitrogens with one attached hydrogen (secondary N) is 1. The van der Waals surface area contributed by atoms with Gasteiger partial charge in [-0.05, 0) is 68.2 Å². The van der Waals surface area contributed by atoms with Crippen molar-refractivity contribution in [3.05, 3.63) is 29.8 Å². The highest BCUT2D eigenvalue weighted by Crippen LogP contribution is 2.44. The predicted molar refractivity (Wildman–Crippen MR) is 71.8 cm³/mol. The molecule has 0 aromatic heterocycles. The van der Waals surface area contributed by atoms with Gasteiger partial charge in [-0.25, -0.2) is 0 Å². The molecule has 2 fully saturated rings. The van der Waals surface area contributed by atoms with Gasteiger partial charge in [0.05, 0.1) is 0 Å². The first kappa shape index (κ1) is 11.1. The molecule has 92 valence electrons. The summed E-state index contributed by atoms with van der Waals surface area (Å²) in [5.74, 6) is 1.99. The number of nitrogens with two attached hydrogens (primary N) is 1. The van der Waals surface area contributed by atoms with Crippen molar-refractivity contribution in [3.8, 4) is 0 Å². The lowest BCUT2D eigenvalue weighted by Crippen LogP contribution is -2.34. The van der Waals surface area contributed by atoms with Crippen molar-refractivity contribution in [1.29, 1.82) is 0 Å². The molecule has 0 atom stereocenters. The molecule has 0 aliphatic heterocycles. The highest BCUT2D eigenvalue weighted by atomic mass is 14.9. The Hall–Kier alpha value is -1.02. The van der Waals surface area contributed by atoms with Crippen LogP contribution in [0.3, 0.4) is 0 Å². The highest BCUT2D eigenvalue weighted by molar-refractivity contribution is 5.39. The number of nitrogen functional groups attached to an aromatic ring is 1. The molecule has 2 aliphatic rings. The lowest BCUT2D eigenvalue weighted by atomic mass is 10.1. The standard InChI is InChI=1S/C15H22N2/c16-14-7-1-11(2-8-14)9-10-17-15(12-3-4-12)13-5-6-13/h1-2,7-8,12-13,15,17H,3-6,9-10,16H2. The lowest BCUT2D eigenvalue weighted by Gasteiger charge is -2.17. The van der Waals surface area contributed by atoms with E-state index in [-0.39, 0.29) is 0 Å². The monoisotopic (exact) mass is 230 g/mol. The first-order chi connectivity index (χ1) is 8.33. The van der Waals surface area contributed by atoms with Crippen LogP contribution in [-0.2, 0) is 6.42 Å². The molecule has 0 amide bonds. The van der Waals surface area contributed by atoms with Gasteiger partial charge in [-0.2, -0.15) is 0 Å². The van der Waals surface area contributed by atoms with Gasteiger partial charge in [-0.15, -0.1) is 0 Å². The number of hydrogen-bond donors (Lipinski definition) is 2. The topological polar surface area (TPSA) is 38.0 Å². The van der Waals surface area contributed by atoms with Crippen molar-refractivity contribution in [3.63, 3.8) is 0 Å². The fourth-order valence-corrected chi connectivity index (χ4v) is 2.70. The second kappa shape index (κ2) is 4.69. The summed E-state index contributed by atoms with van der Waals surface area (Å²) in [7, 11) is 0. The van der Waals surface area contributed by atoms with E-state index >= 15 is 0 Å². The van der Waals surface area contributed by atoms with E-state index in [1.54, 1.807) is 0 Å². The maximum atomic E-state index is 5.68. The third-order valence-corrected chi connectivity index (χ3v) is 4.03. The molecule has 0 heterocycles. The van der Waals surface area contributed by atoms with Crippen LogP contribution in [0.25, 0.3) is 0 Å². The summed E-state index contributed by atoms with van der Waals surface area (Å²) in [5.41, 5.74) is 7.93. The van der Waals surface area contributed by atoms with E-state index in [4.69, 9.17) is 5.73 Å². The van der Waals surface area contributed by atoms with Gasteiger partial charge in [-0.1, -0.05) is 12.1 Å². The summed E-state index contributed by atoms with van der Waals surface area (Å²) < 4.78 is 0. The molecule has 0 unspecified atom stereocenters. The van der Waals surface area contributed by atoms with Gasteiger partial charge in [0.25, 0.3) is 0 Å². The van der Waals surface area contributed by atoms with Gasteiger partial charge in [-0.3, -0.25) is 0 Å². The van der Waals surface area contributed by atoms with Crippen LogP contribution in [0.5, 0.6) is 0 Å². The Bertz CT molecular complexity index is 351. The molecule has 17 heavy (non-hydrogen) atoms. The molecule has 0 radical (unpaired) electrons. The minimum absolute atomic E-state index is 0.823. The molecule has 2 aliphatic carbocycles. The fourth-order valence-electron chi connectivity index (χ4n) is 2.70. The Morgan fingerprint density at radius 1 is 1.06 bits per heavy atom. The van der Waals surface area contributed by atoms with E-state index in [9.17, 15) is 0 Å². The summed E-state index contributed by atoms with van der Waals surface area (Å²) in [5, 5.41) is 3.78. The largest absolute Gasteiger partial charge is 0.399 e. The Labute approximate surface area is 104 Å². The first-order valence-corrected chi connectivity index (χ1v) is 6.91. The predicted octanol–water partition coefficient (Wildman–Crippen LogP) is 2.59. The normalized spacial score (nSPS) is 19.8. The van der Waals surface area contributed by atoms with E-state index in [0.29, 0.717) is 0 Å². The van der Waals surface area contributed by atoms with Gasteiger partial charge in [0.15, 0.2) is 0 Å². The van der Waals surface area contributed by atoms with Crippen LogP contribution in [0.15, 0.2) is 24.3 Å². The summed E-state index contributed by atoms with van der Waals surface area (Å²) in [4.78, 5) is 0. The highest BCUT2D eigenvalue weighted by Gasteiger charge is 2.40. The van der Waals surface area contributed by atoms with Gasteiger partial charge >= 0.3 is 0 Å². The zero-order valence-electron chi connectivity index (χ0n) is 10.4. The van der Waals surface area contributed by atoms with E-state index in [1.165, 1.54) is 31.2 Å². The molecule has 2 saturated carbocycles. The molecular formula is C15H22N2. The summed E-state index contributed by atoms with van der Waals surface area (Å²) in [6.07, 6.45) is 6.94. The number of rotatable bonds is 6. The molecule has 2 nitrogen and oxygen atoms in total. The Morgan fingerprint density at radius 2 is 1.65 bits per heavy atom. The van der Waals surface area contributed by atoms with Gasteiger partial charge in [0.2, 0.25) is 0 Å². The van der Waals surface area contributed by atoms with Crippen molar-refractivity contribution >= 4 is 5.69 Å². The molecule has 0 spiro atoms. The summed E-state index contributed by atoms with van der Waals surface area (Å²) in [6, 6.07) is 9.09.